The normalized spacial score (nSPS) is 20.6. The van der Waals surface area contributed by atoms with Crippen LogP contribution in [-0.2, 0) is 16.0 Å². The van der Waals surface area contributed by atoms with Crippen LogP contribution in [0.15, 0.2) is 30.5 Å². The lowest BCUT2D eigenvalue weighted by molar-refractivity contribution is -0.132. The average Bonchev–Trinajstić information content (AvgIpc) is 3.16. The molecule has 2 saturated heterocycles. The maximum absolute atomic E-state index is 13.0. The van der Waals surface area contributed by atoms with Crippen LogP contribution in [0.2, 0.25) is 0 Å². The summed E-state index contributed by atoms with van der Waals surface area (Å²) < 4.78 is 13.2. The highest BCUT2D eigenvalue weighted by molar-refractivity contribution is 5.79. The Morgan fingerprint density at radius 2 is 2.10 bits per heavy atom. The average molecular weight is 398 g/mol. The highest BCUT2D eigenvalue weighted by atomic mass is 16.5. The first-order valence-electron chi connectivity index (χ1n) is 10.7. The number of rotatable bonds is 5. The zero-order valence-electron chi connectivity index (χ0n) is 17.5. The number of carbonyl (C=O) groups excluding carboxylic acids is 1. The quantitative estimate of drug-likeness (QED) is 0.775. The minimum absolute atomic E-state index is 0.188. The van der Waals surface area contributed by atoms with E-state index in [1.807, 2.05) is 35.4 Å². The van der Waals surface area contributed by atoms with Crippen molar-refractivity contribution in [2.45, 2.75) is 51.0 Å². The molecule has 0 radical (unpaired) electrons. The fourth-order valence-corrected chi connectivity index (χ4v) is 4.66. The van der Waals surface area contributed by atoms with Crippen molar-refractivity contribution in [3.63, 3.8) is 0 Å². The van der Waals surface area contributed by atoms with Crippen LogP contribution < -0.4 is 4.74 Å². The number of benzene rings is 1. The van der Waals surface area contributed by atoms with Gasteiger partial charge in [0.2, 0.25) is 5.91 Å². The monoisotopic (exact) mass is 397 g/mol. The number of likely N-dealkylation sites (tertiary alicyclic amines) is 1. The van der Waals surface area contributed by atoms with E-state index in [1.54, 1.807) is 7.11 Å². The van der Waals surface area contributed by atoms with E-state index in [0.29, 0.717) is 18.4 Å². The van der Waals surface area contributed by atoms with Crippen LogP contribution in [0, 0.1) is 6.92 Å². The van der Waals surface area contributed by atoms with E-state index < -0.39 is 0 Å². The zero-order chi connectivity index (χ0) is 20.2. The first-order chi connectivity index (χ1) is 14.2. The van der Waals surface area contributed by atoms with Crippen LogP contribution >= 0.6 is 0 Å². The van der Waals surface area contributed by atoms with E-state index in [4.69, 9.17) is 14.5 Å². The van der Waals surface area contributed by atoms with Gasteiger partial charge in [0.15, 0.2) is 0 Å². The van der Waals surface area contributed by atoms with Gasteiger partial charge in [-0.1, -0.05) is 12.1 Å². The predicted octanol–water partition coefficient (Wildman–Crippen LogP) is 3.50. The van der Waals surface area contributed by atoms with Crippen LogP contribution in [0.3, 0.4) is 0 Å². The van der Waals surface area contributed by atoms with Gasteiger partial charge in [-0.15, -0.1) is 0 Å². The van der Waals surface area contributed by atoms with Gasteiger partial charge in [-0.25, -0.2) is 4.98 Å². The van der Waals surface area contributed by atoms with E-state index in [1.165, 1.54) is 11.5 Å². The maximum Gasteiger partial charge on any atom is 0.227 e. The Morgan fingerprint density at radius 1 is 1.28 bits per heavy atom. The molecule has 4 rings (SSSR count). The summed E-state index contributed by atoms with van der Waals surface area (Å²) in [6.45, 7) is 5.35. The third kappa shape index (κ3) is 4.47. The molecule has 1 aromatic carbocycles. The molecule has 0 spiro atoms. The van der Waals surface area contributed by atoms with Crippen molar-refractivity contribution in [1.82, 2.24) is 14.5 Å². The van der Waals surface area contributed by atoms with Gasteiger partial charge in [0.25, 0.3) is 0 Å². The molecule has 1 atom stereocenters. The van der Waals surface area contributed by atoms with Crippen molar-refractivity contribution in [2.75, 3.05) is 33.4 Å². The fraction of sp³-hybridized carbons (Fsp3) is 0.565. The molecule has 3 heterocycles. The largest absolute Gasteiger partial charge is 0.497 e. The summed E-state index contributed by atoms with van der Waals surface area (Å²) in [6.07, 6.45) is 6.58. The minimum atomic E-state index is 0.188. The smallest absolute Gasteiger partial charge is 0.227 e. The molecule has 29 heavy (non-hydrogen) atoms. The molecular formula is C23H31N3O3. The van der Waals surface area contributed by atoms with E-state index in [2.05, 4.69) is 11.5 Å². The van der Waals surface area contributed by atoms with Crippen LogP contribution in [0.25, 0.3) is 0 Å². The molecule has 0 saturated carbocycles. The SMILES string of the molecule is COc1cccc(CC(=O)N2CCCC(n3c(C)cnc3C3CCOCC3)C2)c1. The number of aryl methyl sites for hydroxylation is 1. The molecule has 0 aliphatic carbocycles. The number of aromatic nitrogens is 2. The number of carbonyl (C=O) groups is 1. The van der Waals surface area contributed by atoms with Crippen molar-refractivity contribution in [1.29, 1.82) is 0 Å². The molecule has 6 nitrogen and oxygen atoms in total. The van der Waals surface area contributed by atoms with Crippen LogP contribution in [-0.4, -0.2) is 53.8 Å². The van der Waals surface area contributed by atoms with Crippen molar-refractivity contribution in [3.8, 4) is 5.75 Å². The summed E-state index contributed by atoms with van der Waals surface area (Å²) in [6, 6.07) is 8.09. The van der Waals surface area contributed by atoms with E-state index >= 15 is 0 Å². The van der Waals surface area contributed by atoms with Gasteiger partial charge in [0.05, 0.1) is 19.6 Å². The second-order valence-corrected chi connectivity index (χ2v) is 8.18. The van der Waals surface area contributed by atoms with Gasteiger partial charge in [0, 0.05) is 44.1 Å². The van der Waals surface area contributed by atoms with Gasteiger partial charge in [0.1, 0.15) is 11.6 Å². The summed E-state index contributed by atoms with van der Waals surface area (Å²) in [7, 11) is 1.65. The van der Waals surface area contributed by atoms with E-state index in [0.717, 1.165) is 63.3 Å². The Morgan fingerprint density at radius 3 is 2.90 bits per heavy atom. The van der Waals surface area contributed by atoms with Crippen LogP contribution in [0.4, 0.5) is 0 Å². The van der Waals surface area contributed by atoms with Gasteiger partial charge in [-0.2, -0.15) is 0 Å². The number of nitrogens with zero attached hydrogens (tertiary/aromatic N) is 3. The van der Waals surface area contributed by atoms with Gasteiger partial charge >= 0.3 is 0 Å². The molecule has 1 amide bonds. The molecule has 6 heteroatoms. The summed E-state index contributed by atoms with van der Waals surface area (Å²) in [4.78, 5) is 19.8. The lowest BCUT2D eigenvalue weighted by atomic mass is 9.97. The summed E-state index contributed by atoms with van der Waals surface area (Å²) >= 11 is 0. The number of methoxy groups -OCH3 is 1. The molecule has 2 fully saturated rings. The molecule has 1 aromatic heterocycles. The van der Waals surface area contributed by atoms with Crippen LogP contribution in [0.5, 0.6) is 5.75 Å². The van der Waals surface area contributed by atoms with Crippen molar-refractivity contribution < 1.29 is 14.3 Å². The van der Waals surface area contributed by atoms with Gasteiger partial charge in [-0.05, 0) is 50.3 Å². The van der Waals surface area contributed by atoms with Gasteiger partial charge < -0.3 is 18.9 Å². The lowest BCUT2D eigenvalue weighted by Crippen LogP contribution is -2.42. The molecule has 2 aliphatic heterocycles. The molecule has 1 unspecified atom stereocenters. The highest BCUT2D eigenvalue weighted by Gasteiger charge is 2.30. The summed E-state index contributed by atoms with van der Waals surface area (Å²) in [5, 5.41) is 0. The standard InChI is InChI=1S/C23H31N3O3/c1-17-15-24-23(19-8-11-29-12-9-19)26(17)20-6-4-10-25(16-20)22(27)14-18-5-3-7-21(13-18)28-2/h3,5,7,13,15,19-20H,4,6,8-12,14,16H2,1-2H3. The Kier molecular flexibility index (Phi) is 6.19. The van der Waals surface area contributed by atoms with Crippen molar-refractivity contribution in [2.24, 2.45) is 0 Å². The molecule has 156 valence electrons. The molecule has 0 bridgehead atoms. The molecule has 0 N–H and O–H groups in total. The van der Waals surface area contributed by atoms with E-state index in [9.17, 15) is 4.79 Å². The number of ether oxygens (including phenoxy) is 2. The summed E-state index contributed by atoms with van der Waals surface area (Å²) in [5.74, 6) is 2.62. The Labute approximate surface area is 172 Å². The number of piperidine rings is 1. The third-order valence-electron chi connectivity index (χ3n) is 6.20. The van der Waals surface area contributed by atoms with Crippen LogP contribution in [0.1, 0.15) is 54.7 Å². The number of imidazole rings is 1. The number of hydrogen-bond acceptors (Lipinski definition) is 4. The minimum Gasteiger partial charge on any atom is -0.497 e. The molecule has 2 aromatic rings. The highest BCUT2D eigenvalue weighted by Crippen LogP contribution is 2.32. The lowest BCUT2D eigenvalue weighted by Gasteiger charge is -2.36. The number of hydrogen-bond donors (Lipinski definition) is 0. The molecular weight excluding hydrogens is 366 g/mol. The number of amides is 1. The van der Waals surface area contributed by atoms with E-state index in [-0.39, 0.29) is 5.91 Å². The topological polar surface area (TPSA) is 56.6 Å². The zero-order valence-corrected chi connectivity index (χ0v) is 17.5. The fourth-order valence-electron chi connectivity index (χ4n) is 4.66. The summed E-state index contributed by atoms with van der Waals surface area (Å²) in [5.41, 5.74) is 2.19. The second-order valence-electron chi connectivity index (χ2n) is 8.18. The Bertz CT molecular complexity index is 842. The Balaban J connectivity index is 1.47. The van der Waals surface area contributed by atoms with Crippen molar-refractivity contribution in [3.05, 3.63) is 47.5 Å². The third-order valence-corrected chi connectivity index (χ3v) is 6.20. The van der Waals surface area contributed by atoms with Gasteiger partial charge in [-0.3, -0.25) is 4.79 Å². The second kappa shape index (κ2) is 8.99. The predicted molar refractivity (Wildman–Crippen MR) is 111 cm³/mol. The van der Waals surface area contributed by atoms with Crippen molar-refractivity contribution >= 4 is 5.91 Å². The maximum atomic E-state index is 13.0. The molecule has 2 aliphatic rings. The first kappa shape index (κ1) is 20.0. The first-order valence-corrected chi connectivity index (χ1v) is 10.7. The Hall–Kier alpha value is -2.34.